The van der Waals surface area contributed by atoms with E-state index in [4.69, 9.17) is 9.47 Å². The number of rotatable bonds is 0. The number of ether oxygens (including phenoxy) is 2. The van der Waals surface area contributed by atoms with Crippen LogP contribution in [0.4, 0.5) is 0 Å². The highest BCUT2D eigenvalue weighted by Gasteiger charge is 2.69. The second kappa shape index (κ2) is 4.73. The topological polar surface area (TPSA) is 38.7 Å². The van der Waals surface area contributed by atoms with Crippen molar-refractivity contribution in [2.45, 2.75) is 71.5 Å². The minimum Gasteiger partial charge on any atom is -0.507 e. The van der Waals surface area contributed by atoms with Crippen molar-refractivity contribution in [2.75, 3.05) is 6.61 Å². The molecule has 5 rings (SSSR count). The van der Waals surface area contributed by atoms with Gasteiger partial charge in [0.25, 0.3) is 0 Å². The van der Waals surface area contributed by atoms with Gasteiger partial charge >= 0.3 is 0 Å². The first kappa shape index (κ1) is 16.0. The van der Waals surface area contributed by atoms with E-state index in [9.17, 15) is 5.11 Å². The lowest BCUT2D eigenvalue weighted by atomic mass is 9.44. The molecule has 0 bridgehead atoms. The van der Waals surface area contributed by atoms with Crippen LogP contribution >= 0.6 is 0 Å². The molecule has 4 aliphatic rings. The lowest BCUT2D eigenvalue weighted by molar-refractivity contribution is -0.156. The standard InChI is InChI=1S/C22H30O3/c1-13-10-14(23)17-15(11-13)25-21(4)9-6-16-20(2,3)7-5-8-22(16)12-24-18(17)19(21)22/h10-11,16,18-19,23H,5-9,12H2,1-4H3/t16-,18+,19+,21+,22-/m0/s1. The quantitative estimate of drug-likeness (QED) is 0.709. The highest BCUT2D eigenvalue weighted by molar-refractivity contribution is 5.51. The van der Waals surface area contributed by atoms with E-state index in [-0.39, 0.29) is 17.1 Å². The van der Waals surface area contributed by atoms with Crippen LogP contribution in [0.3, 0.4) is 0 Å². The Labute approximate surface area is 150 Å². The van der Waals surface area contributed by atoms with E-state index in [1.54, 1.807) is 0 Å². The van der Waals surface area contributed by atoms with Crippen LogP contribution < -0.4 is 4.74 Å². The molecule has 5 atom stereocenters. The molecule has 3 fully saturated rings. The third-order valence-electron chi connectivity index (χ3n) is 8.03. The van der Waals surface area contributed by atoms with Crippen LogP contribution in [0.15, 0.2) is 12.1 Å². The van der Waals surface area contributed by atoms with Gasteiger partial charge in [-0.25, -0.2) is 0 Å². The molecule has 3 heteroatoms. The zero-order chi connectivity index (χ0) is 17.6. The van der Waals surface area contributed by atoms with E-state index in [1.165, 1.54) is 25.7 Å². The van der Waals surface area contributed by atoms with Crippen molar-refractivity contribution in [2.24, 2.45) is 22.7 Å². The van der Waals surface area contributed by atoms with Crippen molar-refractivity contribution in [3.05, 3.63) is 23.3 Å². The van der Waals surface area contributed by atoms with Gasteiger partial charge in [-0.1, -0.05) is 20.3 Å². The summed E-state index contributed by atoms with van der Waals surface area (Å²) in [4.78, 5) is 0. The summed E-state index contributed by atoms with van der Waals surface area (Å²) in [5, 5.41) is 10.7. The summed E-state index contributed by atoms with van der Waals surface area (Å²) in [6, 6.07) is 3.92. The largest absolute Gasteiger partial charge is 0.507 e. The Bertz CT molecular complexity index is 739. The number of fused-ring (bicyclic) bond motifs is 2. The smallest absolute Gasteiger partial charge is 0.129 e. The first-order valence-corrected chi connectivity index (χ1v) is 9.91. The van der Waals surface area contributed by atoms with Crippen LogP contribution in [0.2, 0.25) is 0 Å². The zero-order valence-electron chi connectivity index (χ0n) is 15.9. The fraction of sp³-hybridized carbons (Fsp3) is 0.727. The highest BCUT2D eigenvalue weighted by atomic mass is 16.5. The molecule has 1 aromatic carbocycles. The molecule has 25 heavy (non-hydrogen) atoms. The Kier molecular flexibility index (Phi) is 3.03. The van der Waals surface area contributed by atoms with Crippen LogP contribution in [0.25, 0.3) is 0 Å². The normalized spacial score (nSPS) is 43.6. The molecule has 0 amide bonds. The number of hydrogen-bond acceptors (Lipinski definition) is 3. The molecular weight excluding hydrogens is 312 g/mol. The molecule has 3 nitrogen and oxygen atoms in total. The van der Waals surface area contributed by atoms with E-state index in [2.05, 4.69) is 26.8 Å². The van der Waals surface area contributed by atoms with Gasteiger partial charge in [0, 0.05) is 11.3 Å². The SMILES string of the molecule is Cc1cc(O)c2c(c1)O[C@]1(C)CC[C@H]3C(C)(C)CCC[C@]34CO[C@H]2[C@@H]41. The number of aromatic hydroxyl groups is 1. The molecule has 1 aromatic rings. The van der Waals surface area contributed by atoms with Gasteiger partial charge in [0.2, 0.25) is 0 Å². The summed E-state index contributed by atoms with van der Waals surface area (Å²) < 4.78 is 13.1. The summed E-state index contributed by atoms with van der Waals surface area (Å²) in [6.45, 7) is 10.0. The number of benzene rings is 1. The molecular formula is C22H30O3. The van der Waals surface area contributed by atoms with Crippen LogP contribution in [-0.2, 0) is 4.74 Å². The molecule has 0 aromatic heterocycles. The maximum atomic E-state index is 10.7. The van der Waals surface area contributed by atoms with Gasteiger partial charge in [0.05, 0.1) is 18.3 Å². The maximum Gasteiger partial charge on any atom is 0.129 e. The minimum absolute atomic E-state index is 0.0222. The average molecular weight is 342 g/mol. The van der Waals surface area contributed by atoms with Crippen LogP contribution in [-0.4, -0.2) is 17.3 Å². The van der Waals surface area contributed by atoms with Crippen LogP contribution in [0.5, 0.6) is 11.5 Å². The number of phenols is 1. The van der Waals surface area contributed by atoms with Gasteiger partial charge in [0.15, 0.2) is 0 Å². The molecule has 1 saturated heterocycles. The van der Waals surface area contributed by atoms with Crippen LogP contribution in [0.1, 0.15) is 70.1 Å². The zero-order valence-corrected chi connectivity index (χ0v) is 15.9. The molecule has 1 spiro atoms. The fourth-order valence-electron chi connectivity index (χ4n) is 7.20. The fourth-order valence-corrected chi connectivity index (χ4v) is 7.20. The summed E-state index contributed by atoms with van der Waals surface area (Å²) in [5.74, 6) is 2.22. The lowest BCUT2D eigenvalue weighted by Gasteiger charge is -2.61. The molecule has 2 saturated carbocycles. The first-order chi connectivity index (χ1) is 11.8. The Morgan fingerprint density at radius 3 is 2.72 bits per heavy atom. The van der Waals surface area contributed by atoms with Gasteiger partial charge in [-0.15, -0.1) is 0 Å². The number of hydrogen-bond donors (Lipinski definition) is 1. The molecule has 2 aliphatic heterocycles. The second-order valence-electron chi connectivity index (χ2n) is 9.99. The molecule has 0 unspecified atom stereocenters. The van der Waals surface area contributed by atoms with E-state index in [0.717, 1.165) is 29.9 Å². The molecule has 2 aliphatic carbocycles. The summed E-state index contributed by atoms with van der Waals surface area (Å²) in [5.41, 5.74) is 2.33. The molecule has 1 N–H and O–H groups in total. The second-order valence-corrected chi connectivity index (χ2v) is 9.99. The Morgan fingerprint density at radius 2 is 1.92 bits per heavy atom. The van der Waals surface area contributed by atoms with Crippen molar-refractivity contribution in [1.82, 2.24) is 0 Å². The van der Waals surface area contributed by atoms with Crippen molar-refractivity contribution in [1.29, 1.82) is 0 Å². The maximum absolute atomic E-state index is 10.7. The summed E-state index contributed by atoms with van der Waals surface area (Å²) in [6.07, 6.45) is 6.12. The average Bonchev–Trinajstić information content (AvgIpc) is 2.86. The van der Waals surface area contributed by atoms with E-state index in [0.29, 0.717) is 23.0 Å². The Balaban J connectivity index is 1.69. The Hall–Kier alpha value is -1.22. The number of aryl methyl sites for hydroxylation is 1. The van der Waals surface area contributed by atoms with Crippen molar-refractivity contribution < 1.29 is 14.6 Å². The van der Waals surface area contributed by atoms with E-state index >= 15 is 0 Å². The molecule has 136 valence electrons. The van der Waals surface area contributed by atoms with Gasteiger partial charge in [-0.2, -0.15) is 0 Å². The summed E-state index contributed by atoms with van der Waals surface area (Å²) in [7, 11) is 0. The number of phenolic OH excluding ortho intramolecular Hbond substituents is 1. The molecule has 2 heterocycles. The lowest BCUT2D eigenvalue weighted by Crippen LogP contribution is -2.61. The Morgan fingerprint density at radius 1 is 1.12 bits per heavy atom. The first-order valence-electron chi connectivity index (χ1n) is 9.91. The van der Waals surface area contributed by atoms with Gasteiger partial charge < -0.3 is 14.6 Å². The van der Waals surface area contributed by atoms with Crippen molar-refractivity contribution >= 4 is 0 Å². The molecule has 0 radical (unpaired) electrons. The van der Waals surface area contributed by atoms with E-state index in [1.807, 2.05) is 13.0 Å². The third kappa shape index (κ3) is 1.91. The van der Waals surface area contributed by atoms with Crippen molar-refractivity contribution in [3.8, 4) is 11.5 Å². The van der Waals surface area contributed by atoms with Gasteiger partial charge in [-0.05, 0) is 68.6 Å². The minimum atomic E-state index is -0.182. The van der Waals surface area contributed by atoms with Crippen molar-refractivity contribution in [3.63, 3.8) is 0 Å². The monoisotopic (exact) mass is 342 g/mol. The predicted octanol–water partition coefficient (Wildman–Crippen LogP) is 5.15. The van der Waals surface area contributed by atoms with Gasteiger partial charge in [0.1, 0.15) is 17.1 Å². The van der Waals surface area contributed by atoms with Crippen LogP contribution in [0, 0.1) is 29.6 Å². The highest BCUT2D eigenvalue weighted by Crippen LogP contribution is 2.71. The predicted molar refractivity (Wildman–Crippen MR) is 96.8 cm³/mol. The summed E-state index contributed by atoms with van der Waals surface area (Å²) >= 11 is 0. The van der Waals surface area contributed by atoms with Gasteiger partial charge in [-0.3, -0.25) is 0 Å². The third-order valence-corrected chi connectivity index (χ3v) is 8.03. The van der Waals surface area contributed by atoms with E-state index < -0.39 is 0 Å².